The Hall–Kier alpha value is -0.850. The highest BCUT2D eigenvalue weighted by molar-refractivity contribution is 5.15. The van der Waals surface area contributed by atoms with E-state index in [1.54, 1.807) is 0 Å². The van der Waals surface area contributed by atoms with Crippen molar-refractivity contribution in [3.05, 3.63) is 30.1 Å². The van der Waals surface area contributed by atoms with E-state index in [1.165, 1.54) is 18.5 Å². The predicted octanol–water partition coefficient (Wildman–Crippen LogP) is 5.85. The first-order valence-electron chi connectivity index (χ1n) is 7.64. The molecule has 0 N–H and O–H groups in total. The van der Waals surface area contributed by atoms with Gasteiger partial charge in [-0.3, -0.25) is 4.98 Å². The second kappa shape index (κ2) is 7.67. The molecule has 0 saturated carbocycles. The molecule has 19 heavy (non-hydrogen) atoms. The highest BCUT2D eigenvalue weighted by Crippen LogP contribution is 2.39. The fourth-order valence-electron chi connectivity index (χ4n) is 3.23. The number of pyridine rings is 1. The fourth-order valence-corrected chi connectivity index (χ4v) is 3.23. The van der Waals surface area contributed by atoms with Crippen molar-refractivity contribution in [3.63, 3.8) is 0 Å². The van der Waals surface area contributed by atoms with Gasteiger partial charge in [0.1, 0.15) is 0 Å². The van der Waals surface area contributed by atoms with Crippen LogP contribution in [0.15, 0.2) is 24.4 Å². The van der Waals surface area contributed by atoms with Crippen LogP contribution in [0.2, 0.25) is 0 Å². The Labute approximate surface area is 120 Å². The van der Waals surface area contributed by atoms with E-state index in [2.05, 4.69) is 58.7 Å². The Morgan fingerprint density at radius 1 is 1.05 bits per heavy atom. The van der Waals surface area contributed by atoms with E-state index in [-0.39, 0.29) is 5.41 Å². The molecule has 110 valence electrons. The third-order valence-corrected chi connectivity index (χ3v) is 3.24. The van der Waals surface area contributed by atoms with Crippen LogP contribution in [0.5, 0.6) is 0 Å². The Kier molecular flexibility index (Phi) is 7.33. The van der Waals surface area contributed by atoms with E-state index in [9.17, 15) is 0 Å². The lowest BCUT2D eigenvalue weighted by Crippen LogP contribution is -2.28. The van der Waals surface area contributed by atoms with Gasteiger partial charge < -0.3 is 0 Å². The number of hydrogen-bond acceptors (Lipinski definition) is 1. The van der Waals surface area contributed by atoms with E-state index in [0.717, 1.165) is 5.92 Å². The normalized spacial score (nSPS) is 12.1. The first kappa shape index (κ1) is 18.1. The van der Waals surface area contributed by atoms with E-state index >= 15 is 0 Å². The lowest BCUT2D eigenvalue weighted by molar-refractivity contribution is 0.210. The highest BCUT2D eigenvalue weighted by atomic mass is 14.7. The zero-order valence-corrected chi connectivity index (χ0v) is 14.2. The van der Waals surface area contributed by atoms with Gasteiger partial charge in [0.2, 0.25) is 0 Å². The summed E-state index contributed by atoms with van der Waals surface area (Å²) in [5.74, 6) is 0.754. The van der Waals surface area contributed by atoms with E-state index in [1.807, 2.05) is 26.1 Å². The number of aromatic nitrogens is 1. The molecule has 0 aliphatic carbocycles. The van der Waals surface area contributed by atoms with Gasteiger partial charge in [-0.1, -0.05) is 61.5 Å². The van der Waals surface area contributed by atoms with Gasteiger partial charge in [0.05, 0.1) is 0 Å². The second-order valence-corrected chi connectivity index (χ2v) is 7.04. The largest absolute Gasteiger partial charge is 0.261 e. The van der Waals surface area contributed by atoms with Crippen LogP contribution in [0.4, 0.5) is 0 Å². The van der Waals surface area contributed by atoms with Crippen LogP contribution in [0.1, 0.15) is 73.9 Å². The summed E-state index contributed by atoms with van der Waals surface area (Å²) in [5.41, 5.74) is 1.73. The molecule has 0 spiro atoms. The fraction of sp³-hybridized carbons (Fsp3) is 0.722. The van der Waals surface area contributed by atoms with Gasteiger partial charge in [-0.2, -0.15) is 0 Å². The average molecular weight is 263 g/mol. The first-order valence-corrected chi connectivity index (χ1v) is 7.64. The quantitative estimate of drug-likeness (QED) is 0.649. The Morgan fingerprint density at radius 3 is 2.05 bits per heavy atom. The third-order valence-electron chi connectivity index (χ3n) is 3.24. The van der Waals surface area contributed by atoms with Crippen LogP contribution >= 0.6 is 0 Å². The molecule has 1 nitrogen and oxygen atoms in total. The van der Waals surface area contributed by atoms with Gasteiger partial charge in [0.25, 0.3) is 0 Å². The lowest BCUT2D eigenvalue weighted by atomic mass is 9.70. The molecule has 1 aromatic heterocycles. The van der Waals surface area contributed by atoms with Crippen LogP contribution in [0.25, 0.3) is 0 Å². The maximum Gasteiger partial charge on any atom is 0.0459 e. The topological polar surface area (TPSA) is 12.9 Å². The SMILES string of the molecule is CC.CC(C)CC(C)(C)CC(C)(C)c1ccccn1. The zero-order valence-electron chi connectivity index (χ0n) is 14.2. The Balaban J connectivity index is 0.00000154. The minimum Gasteiger partial charge on any atom is -0.261 e. The molecule has 1 heteroatoms. The number of hydrogen-bond donors (Lipinski definition) is 0. The summed E-state index contributed by atoms with van der Waals surface area (Å²) in [6, 6.07) is 6.21. The van der Waals surface area contributed by atoms with Gasteiger partial charge >= 0.3 is 0 Å². The lowest BCUT2D eigenvalue weighted by Gasteiger charge is -2.35. The van der Waals surface area contributed by atoms with Crippen LogP contribution < -0.4 is 0 Å². The van der Waals surface area contributed by atoms with Crippen molar-refractivity contribution in [1.82, 2.24) is 4.98 Å². The number of rotatable bonds is 5. The van der Waals surface area contributed by atoms with E-state index in [4.69, 9.17) is 0 Å². The molecule has 0 atom stereocenters. The molecular formula is C18H33N. The van der Waals surface area contributed by atoms with Gasteiger partial charge in [0.15, 0.2) is 0 Å². The second-order valence-electron chi connectivity index (χ2n) is 7.04. The van der Waals surface area contributed by atoms with Crippen molar-refractivity contribution in [2.24, 2.45) is 11.3 Å². The van der Waals surface area contributed by atoms with Crippen molar-refractivity contribution in [1.29, 1.82) is 0 Å². The molecule has 1 heterocycles. The van der Waals surface area contributed by atoms with E-state index < -0.39 is 0 Å². The average Bonchev–Trinajstić information content (AvgIpc) is 2.29. The van der Waals surface area contributed by atoms with Crippen molar-refractivity contribution < 1.29 is 0 Å². The van der Waals surface area contributed by atoms with E-state index in [0.29, 0.717) is 5.41 Å². The molecule has 0 radical (unpaired) electrons. The minimum absolute atomic E-state index is 0.152. The maximum absolute atomic E-state index is 4.51. The molecule has 1 aromatic rings. The molecule has 0 aliphatic heterocycles. The van der Waals surface area contributed by atoms with Crippen LogP contribution in [0, 0.1) is 11.3 Å². The molecule has 0 saturated heterocycles. The van der Waals surface area contributed by atoms with Crippen LogP contribution in [-0.4, -0.2) is 4.98 Å². The molecule has 0 amide bonds. The molecule has 0 aliphatic rings. The van der Waals surface area contributed by atoms with Crippen molar-refractivity contribution in [2.45, 2.75) is 73.6 Å². The van der Waals surface area contributed by atoms with Crippen LogP contribution in [-0.2, 0) is 5.41 Å². The van der Waals surface area contributed by atoms with Gasteiger partial charge in [-0.25, -0.2) is 0 Å². The minimum atomic E-state index is 0.152. The third kappa shape index (κ3) is 6.75. The van der Waals surface area contributed by atoms with Gasteiger partial charge in [-0.05, 0) is 36.3 Å². The summed E-state index contributed by atoms with van der Waals surface area (Å²) < 4.78 is 0. The number of nitrogens with zero attached hydrogens (tertiary/aromatic N) is 1. The molecule has 0 fully saturated rings. The zero-order chi connectivity index (χ0) is 15.1. The first-order chi connectivity index (χ1) is 8.73. The Morgan fingerprint density at radius 2 is 1.63 bits per heavy atom. The molecule has 0 aromatic carbocycles. The Bertz CT molecular complexity index is 336. The summed E-state index contributed by atoms with van der Waals surface area (Å²) in [6.45, 7) is 18.0. The maximum atomic E-state index is 4.51. The molecular weight excluding hydrogens is 230 g/mol. The molecule has 1 rings (SSSR count). The smallest absolute Gasteiger partial charge is 0.0459 e. The van der Waals surface area contributed by atoms with Crippen molar-refractivity contribution in [2.75, 3.05) is 0 Å². The van der Waals surface area contributed by atoms with Gasteiger partial charge in [0, 0.05) is 17.3 Å². The standard InChI is InChI=1S/C16H27N.C2H6/c1-13(2)11-15(3,4)12-16(5,6)14-9-7-8-10-17-14;1-2/h7-10,13H,11-12H2,1-6H3;1-2H3. The summed E-state index contributed by atoms with van der Waals surface area (Å²) in [5, 5.41) is 0. The summed E-state index contributed by atoms with van der Waals surface area (Å²) in [6.07, 6.45) is 4.34. The molecule has 0 bridgehead atoms. The summed E-state index contributed by atoms with van der Waals surface area (Å²) >= 11 is 0. The van der Waals surface area contributed by atoms with Gasteiger partial charge in [-0.15, -0.1) is 0 Å². The summed E-state index contributed by atoms with van der Waals surface area (Å²) in [4.78, 5) is 4.51. The monoisotopic (exact) mass is 263 g/mol. The van der Waals surface area contributed by atoms with Crippen LogP contribution in [0.3, 0.4) is 0 Å². The van der Waals surface area contributed by atoms with Crippen molar-refractivity contribution >= 4 is 0 Å². The molecule has 0 unspecified atom stereocenters. The predicted molar refractivity (Wildman–Crippen MR) is 86.5 cm³/mol. The van der Waals surface area contributed by atoms with Crippen molar-refractivity contribution in [3.8, 4) is 0 Å². The highest BCUT2D eigenvalue weighted by Gasteiger charge is 2.31. The summed E-state index contributed by atoms with van der Waals surface area (Å²) in [7, 11) is 0.